The predicted molar refractivity (Wildman–Crippen MR) is 191 cm³/mol. The van der Waals surface area contributed by atoms with Crippen molar-refractivity contribution in [3.63, 3.8) is 0 Å². The number of aromatic nitrogens is 3. The molecular formula is C36H36F2N6O7S. The summed E-state index contributed by atoms with van der Waals surface area (Å²) in [7, 11) is -3.22. The zero-order valence-electron chi connectivity index (χ0n) is 28.9. The summed E-state index contributed by atoms with van der Waals surface area (Å²) in [5.41, 5.74) is 2.14. The Balaban J connectivity index is 1.32. The van der Waals surface area contributed by atoms with Crippen LogP contribution in [-0.2, 0) is 19.6 Å². The van der Waals surface area contributed by atoms with Crippen LogP contribution in [0.2, 0.25) is 0 Å². The summed E-state index contributed by atoms with van der Waals surface area (Å²) >= 11 is 0. The van der Waals surface area contributed by atoms with Crippen LogP contribution >= 0.6 is 0 Å². The average molecular weight is 735 g/mol. The molecule has 0 aliphatic rings. The summed E-state index contributed by atoms with van der Waals surface area (Å²) in [4.78, 5) is 37.3. The molecule has 2 aromatic heterocycles. The van der Waals surface area contributed by atoms with E-state index in [1.54, 1.807) is 64.1 Å². The van der Waals surface area contributed by atoms with Crippen molar-refractivity contribution in [1.82, 2.24) is 15.0 Å². The number of benzene rings is 3. The average Bonchev–Trinajstić information content (AvgIpc) is 3.06. The molecule has 0 aliphatic heterocycles. The molecule has 0 unspecified atom stereocenters. The highest BCUT2D eigenvalue weighted by Crippen LogP contribution is 2.36. The van der Waals surface area contributed by atoms with Crippen LogP contribution in [0.3, 0.4) is 0 Å². The highest BCUT2D eigenvalue weighted by Gasteiger charge is 2.23. The van der Waals surface area contributed by atoms with E-state index in [0.29, 0.717) is 57.3 Å². The van der Waals surface area contributed by atoms with E-state index in [1.807, 2.05) is 0 Å². The zero-order valence-corrected chi connectivity index (χ0v) is 29.7. The van der Waals surface area contributed by atoms with Crippen LogP contribution in [0.25, 0.3) is 22.0 Å². The van der Waals surface area contributed by atoms with Gasteiger partial charge in [-0.2, -0.15) is 0 Å². The van der Waals surface area contributed by atoms with Gasteiger partial charge in [0.25, 0.3) is 10.0 Å². The number of ether oxygens (including phenoxy) is 3. The second-order valence-corrected chi connectivity index (χ2v) is 14.1. The Morgan fingerprint density at radius 1 is 0.885 bits per heavy atom. The molecule has 13 nitrogen and oxygen atoms in total. The standard InChI is InChI=1S/C36H36F2N6O7S/c1-21-25-15-22(23-16-29(34(49-5)39-19-23)44-52(47,48)31-13-12-24(37)18-26(31)38)17-30(33(25)41-20-40-21)50-14-8-11-32(45)42-27-9-6-7-10-28(27)43-35(46)51-36(2,3)4/h6-7,9-10,12-13,15-20,44H,8,11,14H2,1-5H3,(H,42,45)(H,43,46). The first kappa shape index (κ1) is 37.4. The predicted octanol–water partition coefficient (Wildman–Crippen LogP) is 7.23. The minimum Gasteiger partial charge on any atom is -0.491 e. The largest absolute Gasteiger partial charge is 0.491 e. The van der Waals surface area contributed by atoms with E-state index in [1.165, 1.54) is 25.7 Å². The second-order valence-electron chi connectivity index (χ2n) is 12.5. The van der Waals surface area contributed by atoms with E-state index in [9.17, 15) is 26.8 Å². The summed E-state index contributed by atoms with van der Waals surface area (Å²) in [6, 6.07) is 13.8. The molecule has 272 valence electrons. The second kappa shape index (κ2) is 15.6. The number of aryl methyl sites for hydroxylation is 1. The fourth-order valence-corrected chi connectivity index (χ4v) is 6.13. The number of rotatable bonds is 12. The van der Waals surface area contributed by atoms with Gasteiger partial charge >= 0.3 is 6.09 Å². The zero-order chi connectivity index (χ0) is 37.6. The Kier molecular flexibility index (Phi) is 11.2. The van der Waals surface area contributed by atoms with Gasteiger partial charge in [0, 0.05) is 35.3 Å². The van der Waals surface area contributed by atoms with Gasteiger partial charge in [-0.3, -0.25) is 14.8 Å². The number of para-hydroxylation sites is 2. The lowest BCUT2D eigenvalue weighted by atomic mass is 10.0. The van der Waals surface area contributed by atoms with E-state index in [0.717, 1.165) is 12.1 Å². The fourth-order valence-electron chi connectivity index (χ4n) is 5.02. The van der Waals surface area contributed by atoms with Crippen LogP contribution in [0.5, 0.6) is 11.6 Å². The molecule has 52 heavy (non-hydrogen) atoms. The van der Waals surface area contributed by atoms with E-state index in [4.69, 9.17) is 14.2 Å². The maximum Gasteiger partial charge on any atom is 0.412 e. The lowest BCUT2D eigenvalue weighted by Gasteiger charge is -2.20. The quantitative estimate of drug-likeness (QED) is 0.111. The molecule has 0 radical (unpaired) electrons. The smallest absolute Gasteiger partial charge is 0.412 e. The number of nitrogens with zero attached hydrogens (tertiary/aromatic N) is 3. The molecule has 0 fully saturated rings. The van der Waals surface area contributed by atoms with E-state index in [2.05, 4.69) is 30.3 Å². The van der Waals surface area contributed by atoms with Crippen molar-refractivity contribution in [2.75, 3.05) is 29.1 Å². The fraction of sp³-hybridized carbons (Fsp3) is 0.250. The molecule has 0 aliphatic carbocycles. The molecule has 5 rings (SSSR count). The molecule has 5 aromatic rings. The number of hydrogen-bond acceptors (Lipinski definition) is 10. The third kappa shape index (κ3) is 9.25. The Labute approximate surface area is 298 Å². The molecular weight excluding hydrogens is 698 g/mol. The van der Waals surface area contributed by atoms with Crippen molar-refractivity contribution in [1.29, 1.82) is 0 Å². The lowest BCUT2D eigenvalue weighted by molar-refractivity contribution is -0.116. The third-order valence-corrected chi connectivity index (χ3v) is 8.75. The number of anilines is 3. The topological polar surface area (TPSA) is 171 Å². The van der Waals surface area contributed by atoms with Crippen LogP contribution < -0.4 is 24.8 Å². The molecule has 3 aromatic carbocycles. The number of pyridine rings is 1. The lowest BCUT2D eigenvalue weighted by Crippen LogP contribution is -2.27. The van der Waals surface area contributed by atoms with Gasteiger partial charge in [0.2, 0.25) is 11.8 Å². The first-order valence-corrected chi connectivity index (χ1v) is 17.4. The van der Waals surface area contributed by atoms with Crippen molar-refractivity contribution in [3.05, 3.63) is 90.5 Å². The molecule has 0 spiro atoms. The number of hydrogen-bond donors (Lipinski definition) is 3. The van der Waals surface area contributed by atoms with E-state index < -0.39 is 38.2 Å². The van der Waals surface area contributed by atoms with Gasteiger partial charge in [0.05, 0.1) is 25.1 Å². The van der Waals surface area contributed by atoms with Gasteiger partial charge in [0.15, 0.2) is 0 Å². The number of amides is 2. The van der Waals surface area contributed by atoms with Crippen molar-refractivity contribution in [2.24, 2.45) is 0 Å². The van der Waals surface area contributed by atoms with Gasteiger partial charge in [-0.25, -0.2) is 36.9 Å². The van der Waals surface area contributed by atoms with E-state index in [-0.39, 0.29) is 30.5 Å². The number of methoxy groups -OCH3 is 1. The summed E-state index contributed by atoms with van der Waals surface area (Å²) in [5, 5.41) is 6.10. The SMILES string of the molecule is COc1ncc(-c2cc(OCCCC(=O)Nc3ccccc3NC(=O)OC(C)(C)C)c3ncnc(C)c3c2)cc1NS(=O)(=O)c1ccc(F)cc1F. The molecule has 0 saturated carbocycles. The summed E-state index contributed by atoms with van der Waals surface area (Å²) in [6.45, 7) is 7.16. The first-order chi connectivity index (χ1) is 24.6. The maximum absolute atomic E-state index is 14.4. The van der Waals surface area contributed by atoms with E-state index >= 15 is 0 Å². The number of fused-ring (bicyclic) bond motifs is 1. The van der Waals surface area contributed by atoms with Crippen molar-refractivity contribution < 1.29 is 41.0 Å². The van der Waals surface area contributed by atoms with Crippen LogP contribution in [0.4, 0.5) is 30.6 Å². The van der Waals surface area contributed by atoms with Gasteiger partial charge < -0.3 is 19.5 Å². The Morgan fingerprint density at radius 2 is 1.62 bits per heavy atom. The number of carbonyl (C=O) groups excluding carboxylic acids is 2. The maximum atomic E-state index is 14.4. The Hall–Kier alpha value is -5.90. The Morgan fingerprint density at radius 3 is 2.31 bits per heavy atom. The normalized spacial score (nSPS) is 11.5. The molecule has 2 heterocycles. The molecule has 0 bridgehead atoms. The van der Waals surface area contributed by atoms with Gasteiger partial charge in [-0.1, -0.05) is 12.1 Å². The number of carbonyl (C=O) groups is 2. The highest BCUT2D eigenvalue weighted by atomic mass is 32.2. The van der Waals surface area contributed by atoms with Crippen LogP contribution in [0.15, 0.2) is 78.1 Å². The van der Waals surface area contributed by atoms with Crippen LogP contribution in [0.1, 0.15) is 39.3 Å². The van der Waals surface area contributed by atoms with Crippen molar-refractivity contribution in [2.45, 2.75) is 51.0 Å². The number of sulfonamides is 1. The monoisotopic (exact) mass is 734 g/mol. The molecule has 0 saturated heterocycles. The van der Waals surface area contributed by atoms with Gasteiger partial charge in [0.1, 0.15) is 45.4 Å². The van der Waals surface area contributed by atoms with Crippen molar-refractivity contribution >= 4 is 50.0 Å². The summed E-state index contributed by atoms with van der Waals surface area (Å²) < 4.78 is 73.0. The molecule has 3 N–H and O–H groups in total. The molecule has 0 atom stereocenters. The number of nitrogens with one attached hydrogen (secondary N) is 3. The van der Waals surface area contributed by atoms with Gasteiger partial charge in [-0.15, -0.1) is 0 Å². The van der Waals surface area contributed by atoms with Crippen LogP contribution in [0, 0.1) is 18.6 Å². The van der Waals surface area contributed by atoms with Crippen LogP contribution in [-0.4, -0.2) is 54.7 Å². The molecule has 2 amide bonds. The summed E-state index contributed by atoms with van der Waals surface area (Å²) in [6.07, 6.45) is 2.61. The molecule has 16 heteroatoms. The van der Waals surface area contributed by atoms with Gasteiger partial charge in [-0.05, 0) is 82.1 Å². The summed E-state index contributed by atoms with van der Waals surface area (Å²) in [5.74, 6) is -2.21. The number of halogens is 2. The highest BCUT2D eigenvalue weighted by molar-refractivity contribution is 7.92. The minimum absolute atomic E-state index is 0.0897. The third-order valence-electron chi connectivity index (χ3n) is 7.35. The van der Waals surface area contributed by atoms with Crippen molar-refractivity contribution in [3.8, 4) is 22.8 Å². The first-order valence-electron chi connectivity index (χ1n) is 15.9. The minimum atomic E-state index is -4.51. The Bertz CT molecular complexity index is 2250.